The van der Waals surface area contributed by atoms with Crippen LogP contribution in [0.5, 0.6) is 5.75 Å². The molecule has 144 valence electrons. The van der Waals surface area contributed by atoms with E-state index in [-0.39, 0.29) is 5.91 Å². The van der Waals surface area contributed by atoms with Gasteiger partial charge in [0.2, 0.25) is 5.91 Å². The quantitative estimate of drug-likeness (QED) is 0.881. The standard InChI is InChI=1S/C21H33N3O2/c22-21(25)17-23-11-3-4-13-24-12-2-1-7-19(24)10-9-18-6-5-8-20(16-18)26-15-14-23/h5-6,8,16,19H,1-4,7,9-15,17H2,(H2,22,25). The number of aryl methyl sites for hydroxylation is 1. The fraction of sp³-hybridized carbons (Fsp3) is 0.667. The molecule has 1 atom stereocenters. The molecule has 1 amide bonds. The van der Waals surface area contributed by atoms with Crippen molar-refractivity contribution in [2.75, 3.05) is 39.3 Å². The molecule has 0 spiro atoms. The molecule has 0 aromatic heterocycles. The number of benzene rings is 1. The Bertz CT molecular complexity index is 578. The monoisotopic (exact) mass is 359 g/mol. The van der Waals surface area contributed by atoms with Gasteiger partial charge in [-0.25, -0.2) is 0 Å². The SMILES string of the molecule is NC(=O)CN1CCCCN2CCCCC2CCc2cccc(c2)OCC1. The maximum atomic E-state index is 11.4. The summed E-state index contributed by atoms with van der Waals surface area (Å²) in [5.74, 6) is 0.665. The molecule has 0 aliphatic carbocycles. The molecule has 26 heavy (non-hydrogen) atoms. The number of hydrogen-bond acceptors (Lipinski definition) is 4. The average Bonchev–Trinajstić information content (AvgIpc) is 2.64. The molecule has 3 rings (SSSR count). The third-order valence-corrected chi connectivity index (χ3v) is 5.64. The van der Waals surface area contributed by atoms with Crippen molar-refractivity contribution in [2.24, 2.45) is 5.73 Å². The second-order valence-electron chi connectivity index (χ2n) is 7.67. The first kappa shape index (κ1) is 19.2. The van der Waals surface area contributed by atoms with Crippen LogP contribution in [0, 0.1) is 0 Å². The number of nitrogens with zero attached hydrogens (tertiary/aromatic N) is 2. The van der Waals surface area contributed by atoms with E-state index in [1.54, 1.807) is 0 Å². The smallest absolute Gasteiger partial charge is 0.231 e. The van der Waals surface area contributed by atoms with Gasteiger partial charge in [-0.05, 0) is 75.9 Å². The van der Waals surface area contributed by atoms with Crippen molar-refractivity contribution < 1.29 is 9.53 Å². The maximum Gasteiger partial charge on any atom is 0.231 e. The van der Waals surface area contributed by atoms with E-state index >= 15 is 0 Å². The summed E-state index contributed by atoms with van der Waals surface area (Å²) in [5, 5.41) is 0. The minimum atomic E-state index is -0.263. The van der Waals surface area contributed by atoms with E-state index in [4.69, 9.17) is 10.5 Å². The van der Waals surface area contributed by atoms with Gasteiger partial charge < -0.3 is 15.4 Å². The first-order chi connectivity index (χ1) is 12.7. The summed E-state index contributed by atoms with van der Waals surface area (Å²) < 4.78 is 5.94. The first-order valence-electron chi connectivity index (χ1n) is 10.2. The number of piperidine rings is 1. The molecule has 2 aliphatic heterocycles. The highest BCUT2D eigenvalue weighted by atomic mass is 16.5. The van der Waals surface area contributed by atoms with E-state index in [9.17, 15) is 4.79 Å². The number of nitrogens with two attached hydrogens (primary N) is 1. The van der Waals surface area contributed by atoms with Gasteiger partial charge in [0.25, 0.3) is 0 Å². The Morgan fingerprint density at radius 1 is 1.08 bits per heavy atom. The molecule has 1 aromatic carbocycles. The van der Waals surface area contributed by atoms with Crippen LogP contribution in [0.15, 0.2) is 24.3 Å². The zero-order chi connectivity index (χ0) is 18.2. The van der Waals surface area contributed by atoms with Crippen LogP contribution in [-0.4, -0.2) is 61.1 Å². The van der Waals surface area contributed by atoms with Gasteiger partial charge in [0, 0.05) is 12.6 Å². The average molecular weight is 360 g/mol. The lowest BCUT2D eigenvalue weighted by Gasteiger charge is -2.36. The number of fused-ring (bicyclic) bond motifs is 3. The number of primary amides is 1. The van der Waals surface area contributed by atoms with E-state index in [2.05, 4.69) is 28.0 Å². The van der Waals surface area contributed by atoms with Crippen molar-refractivity contribution in [3.8, 4) is 5.75 Å². The van der Waals surface area contributed by atoms with E-state index in [0.29, 0.717) is 19.2 Å². The van der Waals surface area contributed by atoms with Gasteiger partial charge in [-0.2, -0.15) is 0 Å². The third kappa shape index (κ3) is 5.99. The topological polar surface area (TPSA) is 58.8 Å². The van der Waals surface area contributed by atoms with Crippen LogP contribution in [0.1, 0.15) is 44.1 Å². The van der Waals surface area contributed by atoms with Gasteiger partial charge in [0.1, 0.15) is 12.4 Å². The normalized spacial score (nSPS) is 23.9. The number of hydrogen-bond donors (Lipinski definition) is 1. The fourth-order valence-electron chi connectivity index (χ4n) is 4.24. The van der Waals surface area contributed by atoms with Crippen molar-refractivity contribution in [1.82, 2.24) is 9.80 Å². The summed E-state index contributed by atoms with van der Waals surface area (Å²) in [6, 6.07) is 9.19. The third-order valence-electron chi connectivity index (χ3n) is 5.64. The first-order valence-corrected chi connectivity index (χ1v) is 10.2. The van der Waals surface area contributed by atoms with Gasteiger partial charge in [0.05, 0.1) is 6.54 Å². The summed E-state index contributed by atoms with van der Waals surface area (Å²) in [6.45, 7) is 4.95. The van der Waals surface area contributed by atoms with Crippen molar-refractivity contribution in [3.63, 3.8) is 0 Å². The van der Waals surface area contributed by atoms with Crippen LogP contribution in [-0.2, 0) is 11.2 Å². The molecule has 2 heterocycles. The summed E-state index contributed by atoms with van der Waals surface area (Å²) in [5.41, 5.74) is 6.77. The van der Waals surface area contributed by atoms with Gasteiger partial charge in [-0.15, -0.1) is 0 Å². The summed E-state index contributed by atoms with van der Waals surface area (Å²) >= 11 is 0. The predicted octanol–water partition coefficient (Wildman–Crippen LogP) is 2.43. The number of rotatable bonds is 2. The van der Waals surface area contributed by atoms with Crippen molar-refractivity contribution in [3.05, 3.63) is 29.8 Å². The molecule has 2 aliphatic rings. The number of carbonyl (C=O) groups is 1. The largest absolute Gasteiger partial charge is 0.492 e. The molecule has 1 saturated heterocycles. The van der Waals surface area contributed by atoms with Crippen molar-refractivity contribution in [2.45, 2.75) is 51.0 Å². The van der Waals surface area contributed by atoms with Crippen molar-refractivity contribution >= 4 is 5.91 Å². The number of amides is 1. The maximum absolute atomic E-state index is 11.4. The number of carbonyl (C=O) groups excluding carboxylic acids is 1. The summed E-state index contributed by atoms with van der Waals surface area (Å²) in [4.78, 5) is 16.2. The minimum Gasteiger partial charge on any atom is -0.492 e. The molecule has 2 N–H and O–H groups in total. The zero-order valence-corrected chi connectivity index (χ0v) is 15.9. The minimum absolute atomic E-state index is 0.263. The summed E-state index contributed by atoms with van der Waals surface area (Å²) in [7, 11) is 0. The van der Waals surface area contributed by atoms with E-state index in [1.807, 2.05) is 6.07 Å². The predicted molar refractivity (Wildman–Crippen MR) is 104 cm³/mol. The zero-order valence-electron chi connectivity index (χ0n) is 15.9. The van der Waals surface area contributed by atoms with E-state index in [1.165, 1.54) is 50.8 Å². The van der Waals surface area contributed by atoms with Crippen LogP contribution in [0.3, 0.4) is 0 Å². The molecular formula is C21H33N3O2. The van der Waals surface area contributed by atoms with Gasteiger partial charge in [0.15, 0.2) is 0 Å². The van der Waals surface area contributed by atoms with Gasteiger partial charge in [-0.1, -0.05) is 18.6 Å². The Balaban J connectivity index is 1.68. The molecule has 1 aromatic rings. The number of ether oxygens (including phenoxy) is 1. The lowest BCUT2D eigenvalue weighted by molar-refractivity contribution is -0.119. The Hall–Kier alpha value is -1.59. The van der Waals surface area contributed by atoms with Crippen LogP contribution in [0.4, 0.5) is 0 Å². The molecule has 5 heteroatoms. The highest BCUT2D eigenvalue weighted by molar-refractivity contribution is 5.75. The molecule has 2 bridgehead atoms. The molecule has 0 saturated carbocycles. The van der Waals surface area contributed by atoms with Gasteiger partial charge >= 0.3 is 0 Å². The Labute approximate surface area is 157 Å². The van der Waals surface area contributed by atoms with Gasteiger partial charge in [-0.3, -0.25) is 9.69 Å². The van der Waals surface area contributed by atoms with Crippen LogP contribution >= 0.6 is 0 Å². The molecule has 0 radical (unpaired) electrons. The lowest BCUT2D eigenvalue weighted by atomic mass is 9.95. The van der Waals surface area contributed by atoms with E-state index in [0.717, 1.165) is 31.7 Å². The second-order valence-corrected chi connectivity index (χ2v) is 7.67. The second kappa shape index (κ2) is 9.93. The molecule has 5 nitrogen and oxygen atoms in total. The Morgan fingerprint density at radius 3 is 2.73 bits per heavy atom. The molecular weight excluding hydrogens is 326 g/mol. The van der Waals surface area contributed by atoms with Crippen LogP contribution in [0.2, 0.25) is 0 Å². The Kier molecular flexibility index (Phi) is 7.32. The Morgan fingerprint density at radius 2 is 1.88 bits per heavy atom. The van der Waals surface area contributed by atoms with Crippen molar-refractivity contribution in [1.29, 1.82) is 0 Å². The highest BCUT2D eigenvalue weighted by Crippen LogP contribution is 2.23. The summed E-state index contributed by atoms with van der Waals surface area (Å²) in [6.07, 6.45) is 8.64. The molecule has 1 fully saturated rings. The molecule has 1 unspecified atom stereocenters. The van der Waals surface area contributed by atoms with Crippen LogP contribution < -0.4 is 10.5 Å². The van der Waals surface area contributed by atoms with E-state index < -0.39 is 0 Å². The highest BCUT2D eigenvalue weighted by Gasteiger charge is 2.22. The fourth-order valence-corrected chi connectivity index (χ4v) is 4.24. The lowest BCUT2D eigenvalue weighted by Crippen LogP contribution is -2.41. The van der Waals surface area contributed by atoms with Crippen LogP contribution in [0.25, 0.3) is 0 Å².